The van der Waals surface area contributed by atoms with Crippen molar-refractivity contribution < 1.29 is 58.5 Å². The number of likely N-dealkylation sites (tertiary alicyclic amines) is 1. The highest BCUT2D eigenvalue weighted by Crippen LogP contribution is 2.23. The Morgan fingerprint density at radius 3 is 2.00 bits per heavy atom. The van der Waals surface area contributed by atoms with E-state index in [0.717, 1.165) is 10.9 Å². The number of nitrogens with one attached hydrogen (secondary N) is 6. The molecule has 1 saturated heterocycles. The highest BCUT2D eigenvalue weighted by molar-refractivity contribution is 5.98. The summed E-state index contributed by atoms with van der Waals surface area (Å²) in [5.74, 6) is -9.40. The maximum atomic E-state index is 14.4. The van der Waals surface area contributed by atoms with Crippen molar-refractivity contribution in [2.24, 2.45) is 22.2 Å². The zero-order chi connectivity index (χ0) is 48.5. The number of carbonyl (C=O) groups is 9. The molecule has 1 aliphatic rings. The lowest BCUT2D eigenvalue weighted by Gasteiger charge is -2.29. The molecule has 3 aromatic rings. The second-order valence-corrected chi connectivity index (χ2v) is 15.8. The van der Waals surface area contributed by atoms with Gasteiger partial charge in [-0.3, -0.25) is 43.3 Å². The van der Waals surface area contributed by atoms with E-state index >= 15 is 0 Å². The predicted molar refractivity (Wildman–Crippen MR) is 237 cm³/mol. The number of aliphatic imine (C=N–C) groups is 1. The Morgan fingerprint density at radius 1 is 0.742 bits per heavy atom. The van der Waals surface area contributed by atoms with Gasteiger partial charge >= 0.3 is 17.9 Å². The van der Waals surface area contributed by atoms with Gasteiger partial charge in [0, 0.05) is 49.5 Å². The van der Waals surface area contributed by atoms with Crippen LogP contribution in [0.5, 0.6) is 0 Å². The van der Waals surface area contributed by atoms with E-state index < -0.39 is 115 Å². The van der Waals surface area contributed by atoms with Crippen LogP contribution in [-0.2, 0) is 56.0 Å². The van der Waals surface area contributed by atoms with E-state index in [1.165, 1.54) is 11.8 Å². The summed E-state index contributed by atoms with van der Waals surface area (Å²) < 4.78 is 0. The Bertz CT molecular complexity index is 2270. The van der Waals surface area contributed by atoms with Crippen molar-refractivity contribution in [1.29, 1.82) is 0 Å². The monoisotopic (exact) mass is 919 g/mol. The number of carbonyl (C=O) groups excluding carboxylic acids is 6. The van der Waals surface area contributed by atoms with E-state index in [-0.39, 0.29) is 51.2 Å². The number of guanidine groups is 1. The lowest BCUT2D eigenvalue weighted by atomic mass is 10.0. The first kappa shape index (κ1) is 51.1. The molecule has 0 bridgehead atoms. The number of benzene rings is 2. The molecule has 1 aliphatic heterocycles. The van der Waals surface area contributed by atoms with Crippen LogP contribution in [0.25, 0.3) is 10.9 Å². The van der Waals surface area contributed by atoms with Crippen molar-refractivity contribution in [3.63, 3.8) is 0 Å². The fraction of sp³-hybridized carbons (Fsp3) is 0.442. The lowest BCUT2D eigenvalue weighted by molar-refractivity contribution is -0.149. The van der Waals surface area contributed by atoms with Gasteiger partial charge in [-0.2, -0.15) is 0 Å². The molecule has 7 atom stereocenters. The minimum atomic E-state index is -1.58. The van der Waals surface area contributed by atoms with Crippen LogP contribution in [0.3, 0.4) is 0 Å². The summed E-state index contributed by atoms with van der Waals surface area (Å²) in [7, 11) is 0. The number of aliphatic carboxylic acids is 3. The molecule has 15 N–H and O–H groups in total. The number of carboxylic acids is 3. The minimum absolute atomic E-state index is 0.0350. The van der Waals surface area contributed by atoms with Crippen molar-refractivity contribution >= 4 is 70.2 Å². The van der Waals surface area contributed by atoms with Gasteiger partial charge in [-0.15, -0.1) is 0 Å². The lowest BCUT2D eigenvalue weighted by Crippen LogP contribution is -2.60. The molecule has 1 aromatic heterocycles. The molecule has 0 aliphatic carbocycles. The van der Waals surface area contributed by atoms with E-state index in [4.69, 9.17) is 22.3 Å². The smallest absolute Gasteiger partial charge is 0.326 e. The molecule has 6 amide bonds. The highest BCUT2D eigenvalue weighted by Gasteiger charge is 2.39. The van der Waals surface area contributed by atoms with Gasteiger partial charge in [-0.05, 0) is 56.2 Å². The minimum Gasteiger partial charge on any atom is -0.481 e. The first-order valence-electron chi connectivity index (χ1n) is 21.2. The third-order valence-corrected chi connectivity index (χ3v) is 10.8. The zero-order valence-corrected chi connectivity index (χ0v) is 36.2. The fourth-order valence-corrected chi connectivity index (χ4v) is 7.36. The Balaban J connectivity index is 1.63. The van der Waals surface area contributed by atoms with Gasteiger partial charge in [0.25, 0.3) is 0 Å². The average Bonchev–Trinajstić information content (AvgIpc) is 3.93. The van der Waals surface area contributed by atoms with Crippen LogP contribution in [0, 0.1) is 0 Å². The van der Waals surface area contributed by atoms with Crippen molar-refractivity contribution in [2.45, 2.75) is 107 Å². The van der Waals surface area contributed by atoms with Gasteiger partial charge < -0.3 is 69.0 Å². The number of hydrogen-bond donors (Lipinski definition) is 12. The van der Waals surface area contributed by atoms with Crippen molar-refractivity contribution in [1.82, 2.24) is 36.5 Å². The quantitative estimate of drug-likeness (QED) is 0.0253. The van der Waals surface area contributed by atoms with Crippen LogP contribution < -0.4 is 43.8 Å². The van der Waals surface area contributed by atoms with Crippen LogP contribution in [0.4, 0.5) is 0 Å². The number of hydrogen-bond acceptors (Lipinski definition) is 11. The maximum absolute atomic E-state index is 14.4. The Kier molecular flexibility index (Phi) is 19.0. The van der Waals surface area contributed by atoms with E-state index in [9.17, 15) is 53.4 Å². The van der Waals surface area contributed by atoms with Crippen LogP contribution in [0.15, 0.2) is 65.8 Å². The summed E-state index contributed by atoms with van der Waals surface area (Å²) in [6.07, 6.45) is 0.339. The van der Waals surface area contributed by atoms with Crippen LogP contribution >= 0.6 is 0 Å². The molecular weight excluding hydrogens is 863 g/mol. The average molecular weight is 920 g/mol. The molecular formula is C43H57N11O12. The molecule has 2 heterocycles. The normalized spacial score (nSPS) is 16.0. The SMILES string of the molecule is C[C@H](NC(=O)[C@@H](N)CC(=O)O)C(=O)N[C@@H](CCC(=O)O)C(=O)N[C@@H](Cc1ccccc1)C(=O)N[C@@H](CCCN=C(N)N)C(=O)N[C@@H](Cc1c[nH]c2ccccc12)C(=O)N1CCC[C@H]1C(=O)O. The Hall–Kier alpha value is -7.56. The first-order valence-corrected chi connectivity index (χ1v) is 21.2. The summed E-state index contributed by atoms with van der Waals surface area (Å²) in [4.78, 5) is 126. The summed E-state index contributed by atoms with van der Waals surface area (Å²) >= 11 is 0. The first-order chi connectivity index (χ1) is 31.3. The van der Waals surface area contributed by atoms with Crippen LogP contribution in [0.2, 0.25) is 0 Å². The standard InChI is InChI=1S/C43H57N11O12/c1-23(49-37(60)27(44)21-35(57)58)36(59)50-30(15-16-34(55)56)39(62)52-31(19-24-9-3-2-4-10-24)40(63)51-29(13-7-17-47-43(45)46)38(61)53-32(41(64)54-18-8-14-33(54)42(65)66)20-25-22-48-28-12-6-5-11-26(25)28/h2-6,9-12,22-23,27,29-33,48H,7-8,13-21,44H2,1H3,(H,49,60)(H,50,59)(H,51,63)(H,52,62)(H,53,61)(H,55,56)(H,57,58)(H,65,66)(H4,45,46,47)/t23-,27-,29-,30-,31-,32-,33-/m0/s1. The Morgan fingerprint density at radius 2 is 1.35 bits per heavy atom. The number of carboxylic acid groups (broad SMARTS) is 3. The third kappa shape index (κ3) is 15.3. The topological polar surface area (TPSA) is 384 Å². The molecule has 23 heteroatoms. The van der Waals surface area contributed by atoms with Gasteiger partial charge in [0.1, 0.15) is 36.3 Å². The molecule has 66 heavy (non-hydrogen) atoms. The second-order valence-electron chi connectivity index (χ2n) is 15.8. The summed E-state index contributed by atoms with van der Waals surface area (Å²) in [5.41, 5.74) is 18.6. The molecule has 1 fully saturated rings. The number of nitrogens with two attached hydrogens (primary N) is 3. The van der Waals surface area contributed by atoms with E-state index in [1.807, 2.05) is 18.2 Å². The molecule has 0 spiro atoms. The molecule has 0 saturated carbocycles. The summed E-state index contributed by atoms with van der Waals surface area (Å²) in [5, 5.41) is 41.7. The number of fused-ring (bicyclic) bond motifs is 1. The van der Waals surface area contributed by atoms with Crippen molar-refractivity contribution in [3.05, 3.63) is 71.9 Å². The zero-order valence-electron chi connectivity index (χ0n) is 36.2. The number of amides is 6. The maximum Gasteiger partial charge on any atom is 0.326 e. The second kappa shape index (κ2) is 24.5. The number of rotatable bonds is 25. The third-order valence-electron chi connectivity index (χ3n) is 10.8. The van der Waals surface area contributed by atoms with Crippen LogP contribution in [-0.4, -0.2) is 140 Å². The van der Waals surface area contributed by atoms with Crippen molar-refractivity contribution in [3.8, 4) is 0 Å². The fourth-order valence-electron chi connectivity index (χ4n) is 7.36. The van der Waals surface area contributed by atoms with Gasteiger partial charge in [0.15, 0.2) is 5.96 Å². The number of para-hydroxylation sites is 1. The highest BCUT2D eigenvalue weighted by atomic mass is 16.4. The molecule has 0 unspecified atom stereocenters. The predicted octanol–water partition coefficient (Wildman–Crippen LogP) is -1.81. The number of H-pyrrole nitrogens is 1. The van der Waals surface area contributed by atoms with Crippen molar-refractivity contribution in [2.75, 3.05) is 13.1 Å². The van der Waals surface area contributed by atoms with Gasteiger partial charge in [-0.25, -0.2) is 4.79 Å². The van der Waals surface area contributed by atoms with Gasteiger partial charge in [0.05, 0.1) is 12.5 Å². The molecule has 2 aromatic carbocycles. The van der Waals surface area contributed by atoms with E-state index in [1.54, 1.807) is 42.6 Å². The number of nitrogens with zero attached hydrogens (tertiary/aromatic N) is 2. The summed E-state index contributed by atoms with van der Waals surface area (Å²) in [6.45, 7) is 1.40. The van der Waals surface area contributed by atoms with E-state index in [2.05, 4.69) is 36.6 Å². The molecule has 23 nitrogen and oxygen atoms in total. The van der Waals surface area contributed by atoms with Gasteiger partial charge in [-0.1, -0.05) is 48.5 Å². The molecule has 0 radical (unpaired) electrons. The van der Waals surface area contributed by atoms with E-state index in [0.29, 0.717) is 17.5 Å². The van der Waals surface area contributed by atoms with Crippen LogP contribution in [0.1, 0.15) is 63.0 Å². The van der Waals surface area contributed by atoms with Gasteiger partial charge in [0.2, 0.25) is 35.4 Å². The molecule has 356 valence electrons. The largest absolute Gasteiger partial charge is 0.481 e. The number of aromatic amines is 1. The number of aromatic nitrogens is 1. The Labute approximate surface area is 378 Å². The molecule has 4 rings (SSSR count). The summed E-state index contributed by atoms with van der Waals surface area (Å²) in [6, 6.07) is 5.95.